The number of fused-ring (bicyclic) bond motifs is 1. The first-order valence-electron chi connectivity index (χ1n) is 11.9. The van der Waals surface area contributed by atoms with E-state index in [1.807, 2.05) is 26.1 Å². The number of amides is 1. The van der Waals surface area contributed by atoms with Gasteiger partial charge in [0.2, 0.25) is 0 Å². The quantitative estimate of drug-likeness (QED) is 0.297. The molecule has 0 bridgehead atoms. The molecule has 2 atom stereocenters. The van der Waals surface area contributed by atoms with E-state index in [0.717, 1.165) is 34.0 Å². The highest BCUT2D eigenvalue weighted by Gasteiger charge is 2.24. The van der Waals surface area contributed by atoms with Gasteiger partial charge in [0.25, 0.3) is 5.91 Å². The lowest BCUT2D eigenvalue weighted by Crippen LogP contribution is -2.48. The van der Waals surface area contributed by atoms with Crippen LogP contribution in [0.5, 0.6) is 0 Å². The number of thiophene rings is 1. The van der Waals surface area contributed by atoms with E-state index in [2.05, 4.69) is 34.8 Å². The largest absolute Gasteiger partial charge is 0.390 e. The topological polar surface area (TPSA) is 79.2 Å². The summed E-state index contributed by atoms with van der Waals surface area (Å²) in [6.07, 6.45) is 0.00900. The molecule has 3 N–H and O–H groups in total. The third kappa shape index (κ3) is 6.16. The molecule has 4 aromatic rings. The van der Waals surface area contributed by atoms with Crippen molar-refractivity contribution in [1.82, 2.24) is 20.4 Å². The van der Waals surface area contributed by atoms with Crippen molar-refractivity contribution in [2.75, 3.05) is 6.54 Å². The van der Waals surface area contributed by atoms with Crippen LogP contribution in [-0.2, 0) is 26.4 Å². The molecular formula is C27H30F2N4O2S. The van der Waals surface area contributed by atoms with Gasteiger partial charge in [-0.15, -0.1) is 11.3 Å². The number of nitrogens with one attached hydrogen (secondary N) is 2. The molecule has 2 aromatic heterocycles. The van der Waals surface area contributed by atoms with Gasteiger partial charge < -0.3 is 15.7 Å². The number of aliphatic hydroxyl groups excluding tert-OH is 1. The molecule has 0 aliphatic heterocycles. The normalized spacial score (nSPS) is 13.2. The third-order valence-corrected chi connectivity index (χ3v) is 7.36. The summed E-state index contributed by atoms with van der Waals surface area (Å²) >= 11 is 1.31. The lowest BCUT2D eigenvalue weighted by Gasteiger charge is -2.25. The molecular weight excluding hydrogens is 482 g/mol. The van der Waals surface area contributed by atoms with E-state index >= 15 is 0 Å². The maximum absolute atomic E-state index is 13.8. The van der Waals surface area contributed by atoms with Crippen LogP contribution in [0.25, 0.3) is 10.2 Å². The van der Waals surface area contributed by atoms with Crippen LogP contribution in [0.4, 0.5) is 8.78 Å². The predicted molar refractivity (Wildman–Crippen MR) is 138 cm³/mol. The second-order valence-electron chi connectivity index (χ2n) is 8.97. The highest BCUT2D eigenvalue weighted by molar-refractivity contribution is 7.20. The minimum Gasteiger partial charge on any atom is -0.390 e. The van der Waals surface area contributed by atoms with Gasteiger partial charge in [0.05, 0.1) is 22.7 Å². The highest BCUT2D eigenvalue weighted by atomic mass is 32.1. The number of carbonyl (C=O) groups is 1. The number of carbonyl (C=O) groups excluding carboxylic acids is 1. The molecule has 2 heterocycles. The Labute approximate surface area is 213 Å². The minimum atomic E-state index is -0.993. The van der Waals surface area contributed by atoms with Gasteiger partial charge in [0.1, 0.15) is 16.5 Å². The Morgan fingerprint density at radius 2 is 1.83 bits per heavy atom. The molecule has 2 aromatic carbocycles. The Kier molecular flexibility index (Phi) is 8.13. The lowest BCUT2D eigenvalue weighted by molar-refractivity contribution is 0.0833. The number of hydrogen-bond donors (Lipinski definition) is 3. The van der Waals surface area contributed by atoms with E-state index in [1.54, 1.807) is 10.7 Å². The van der Waals surface area contributed by atoms with E-state index < -0.39 is 23.8 Å². The van der Waals surface area contributed by atoms with Gasteiger partial charge >= 0.3 is 0 Å². The van der Waals surface area contributed by atoms with Crippen LogP contribution in [0.3, 0.4) is 0 Å². The number of rotatable bonds is 10. The van der Waals surface area contributed by atoms with Crippen molar-refractivity contribution in [3.05, 3.63) is 87.4 Å². The molecule has 6 nitrogen and oxygen atoms in total. The van der Waals surface area contributed by atoms with Gasteiger partial charge in [-0.25, -0.2) is 8.78 Å². The Morgan fingerprint density at radius 3 is 2.53 bits per heavy atom. The van der Waals surface area contributed by atoms with Crippen LogP contribution in [0.2, 0.25) is 0 Å². The van der Waals surface area contributed by atoms with Crippen LogP contribution in [-0.4, -0.2) is 39.5 Å². The van der Waals surface area contributed by atoms with Crippen molar-refractivity contribution in [2.24, 2.45) is 7.05 Å². The number of nitrogens with zero attached hydrogens (tertiary/aromatic N) is 2. The van der Waals surface area contributed by atoms with E-state index in [1.165, 1.54) is 29.0 Å². The van der Waals surface area contributed by atoms with Crippen molar-refractivity contribution in [2.45, 2.75) is 45.4 Å². The summed E-state index contributed by atoms with van der Waals surface area (Å²) in [6, 6.07) is 12.4. The molecule has 0 fully saturated rings. The summed E-state index contributed by atoms with van der Waals surface area (Å²) in [4.78, 5) is 14.5. The molecule has 4 rings (SSSR count). The van der Waals surface area contributed by atoms with Gasteiger partial charge in [-0.3, -0.25) is 9.48 Å². The zero-order valence-electron chi connectivity index (χ0n) is 20.5. The first-order valence-corrected chi connectivity index (χ1v) is 12.7. The molecule has 190 valence electrons. The molecule has 0 saturated heterocycles. The molecule has 36 heavy (non-hydrogen) atoms. The Bertz CT molecular complexity index is 1310. The van der Waals surface area contributed by atoms with E-state index in [0.29, 0.717) is 17.0 Å². The number of halogens is 2. The zero-order chi connectivity index (χ0) is 25.8. The number of hydrogen-bond acceptors (Lipinski definition) is 5. The molecule has 0 radical (unpaired) electrons. The number of benzene rings is 2. The predicted octanol–water partition coefficient (Wildman–Crippen LogP) is 4.28. The van der Waals surface area contributed by atoms with Crippen molar-refractivity contribution in [1.29, 1.82) is 0 Å². The molecule has 0 unspecified atom stereocenters. The second kappa shape index (κ2) is 11.3. The standard InChI is InChI=1S/C27H30F2N4O2S/c1-4-17-6-5-7-18(8-17)14-30-15-24(34)23(11-19-9-20(28)12-21(29)10-19)31-26(35)25-13-22-16(2)32-33(3)27(22)36-25/h5-10,12-13,23-24,30,34H,4,11,14-15H2,1-3H3,(H,31,35)/t23-,24+/m0/s1. The van der Waals surface area contributed by atoms with Crippen molar-refractivity contribution < 1.29 is 18.7 Å². The summed E-state index contributed by atoms with van der Waals surface area (Å²) < 4.78 is 29.3. The monoisotopic (exact) mass is 512 g/mol. The fourth-order valence-electron chi connectivity index (χ4n) is 4.29. The molecule has 1 amide bonds. The molecule has 0 saturated carbocycles. The third-order valence-electron chi connectivity index (χ3n) is 6.16. The zero-order valence-corrected chi connectivity index (χ0v) is 21.3. The van der Waals surface area contributed by atoms with Gasteiger partial charge in [0.15, 0.2) is 0 Å². The molecule has 0 spiro atoms. The maximum Gasteiger partial charge on any atom is 0.261 e. The van der Waals surface area contributed by atoms with Crippen molar-refractivity contribution in [3.8, 4) is 0 Å². The molecule has 0 aliphatic rings. The summed E-state index contributed by atoms with van der Waals surface area (Å²) in [5, 5.41) is 22.4. The summed E-state index contributed by atoms with van der Waals surface area (Å²) in [7, 11) is 1.82. The van der Waals surface area contributed by atoms with Crippen molar-refractivity contribution in [3.63, 3.8) is 0 Å². The van der Waals surface area contributed by atoms with Crippen LogP contribution >= 0.6 is 11.3 Å². The fourth-order valence-corrected chi connectivity index (χ4v) is 5.32. The number of aromatic nitrogens is 2. The molecule has 9 heteroatoms. The molecule has 0 aliphatic carbocycles. The van der Waals surface area contributed by atoms with Gasteiger partial charge in [-0.2, -0.15) is 5.10 Å². The number of aliphatic hydroxyl groups is 1. The number of aryl methyl sites for hydroxylation is 3. The van der Waals surface area contributed by atoms with E-state index in [4.69, 9.17) is 0 Å². The SMILES string of the molecule is CCc1cccc(CNC[C@@H](O)[C@H](Cc2cc(F)cc(F)c2)NC(=O)c2cc3c(C)nn(C)c3s2)c1. The van der Waals surface area contributed by atoms with Gasteiger partial charge in [-0.05, 0) is 54.7 Å². The Morgan fingerprint density at radius 1 is 1.11 bits per heavy atom. The Hall–Kier alpha value is -3.14. The van der Waals surface area contributed by atoms with E-state index in [9.17, 15) is 18.7 Å². The summed E-state index contributed by atoms with van der Waals surface area (Å²) in [5.74, 6) is -1.76. The highest BCUT2D eigenvalue weighted by Crippen LogP contribution is 2.27. The van der Waals surface area contributed by atoms with Crippen LogP contribution in [0.15, 0.2) is 48.5 Å². The van der Waals surface area contributed by atoms with Gasteiger partial charge in [0, 0.05) is 31.6 Å². The lowest BCUT2D eigenvalue weighted by atomic mass is 10.0. The first kappa shape index (κ1) is 25.9. The van der Waals surface area contributed by atoms with Crippen molar-refractivity contribution >= 4 is 27.5 Å². The first-order chi connectivity index (χ1) is 17.2. The maximum atomic E-state index is 13.8. The van der Waals surface area contributed by atoms with Gasteiger partial charge in [-0.1, -0.05) is 31.2 Å². The average Bonchev–Trinajstić information content (AvgIpc) is 3.39. The Balaban J connectivity index is 1.49. The smallest absolute Gasteiger partial charge is 0.261 e. The van der Waals surface area contributed by atoms with Crippen LogP contribution in [0, 0.1) is 18.6 Å². The van der Waals surface area contributed by atoms with E-state index in [-0.39, 0.29) is 18.9 Å². The average molecular weight is 513 g/mol. The summed E-state index contributed by atoms with van der Waals surface area (Å²) in [5.41, 5.74) is 3.49. The minimum absolute atomic E-state index is 0.0695. The van der Waals surface area contributed by atoms with Crippen LogP contribution < -0.4 is 10.6 Å². The summed E-state index contributed by atoms with van der Waals surface area (Å²) in [6.45, 7) is 4.70. The fraction of sp³-hybridized carbons (Fsp3) is 0.333. The van der Waals surface area contributed by atoms with Crippen LogP contribution in [0.1, 0.15) is 39.0 Å². The second-order valence-corrected chi connectivity index (χ2v) is 10.0.